The number of halogens is 3. The van der Waals surface area contributed by atoms with Gasteiger partial charge in [0.25, 0.3) is 5.56 Å². The normalized spacial score (nSPS) is 11.7. The molecule has 94 valence electrons. The van der Waals surface area contributed by atoms with Crippen LogP contribution in [-0.2, 0) is 6.18 Å². The number of carboxylic acids is 1. The number of nitrogens with zero attached hydrogens (tertiary/aromatic N) is 1. The van der Waals surface area contributed by atoms with Crippen LogP contribution in [0.15, 0.2) is 23.0 Å². The first-order valence-corrected chi connectivity index (χ1v) is 4.63. The first-order chi connectivity index (χ1) is 8.29. The van der Waals surface area contributed by atoms with E-state index in [9.17, 15) is 22.8 Å². The highest BCUT2D eigenvalue weighted by molar-refractivity contribution is 5.87. The molecule has 0 bridgehead atoms. The van der Waals surface area contributed by atoms with Crippen molar-refractivity contribution in [3.8, 4) is 0 Å². The summed E-state index contributed by atoms with van der Waals surface area (Å²) in [4.78, 5) is 27.4. The van der Waals surface area contributed by atoms with Gasteiger partial charge < -0.3 is 10.1 Å². The minimum Gasteiger partial charge on any atom is -0.476 e. The molecule has 0 unspecified atom stereocenters. The number of hydrogen-bond acceptors (Lipinski definition) is 3. The fourth-order valence-electron chi connectivity index (χ4n) is 1.40. The van der Waals surface area contributed by atoms with Crippen molar-refractivity contribution in [2.45, 2.75) is 6.18 Å². The molecule has 0 aliphatic heterocycles. The van der Waals surface area contributed by atoms with Crippen LogP contribution < -0.4 is 5.56 Å². The van der Waals surface area contributed by atoms with Gasteiger partial charge in [0.05, 0.1) is 16.6 Å². The Balaban J connectivity index is 2.73. The molecule has 0 spiro atoms. The van der Waals surface area contributed by atoms with E-state index in [1.807, 2.05) is 0 Å². The summed E-state index contributed by atoms with van der Waals surface area (Å²) < 4.78 is 37.3. The summed E-state index contributed by atoms with van der Waals surface area (Å²) >= 11 is 0. The third kappa shape index (κ3) is 2.04. The van der Waals surface area contributed by atoms with E-state index in [0.29, 0.717) is 6.07 Å². The van der Waals surface area contributed by atoms with Gasteiger partial charge in [-0.2, -0.15) is 13.2 Å². The molecule has 0 aliphatic carbocycles. The Morgan fingerprint density at radius 1 is 1.33 bits per heavy atom. The van der Waals surface area contributed by atoms with Gasteiger partial charge in [0.1, 0.15) is 0 Å². The lowest BCUT2D eigenvalue weighted by Gasteiger charge is -2.07. The van der Waals surface area contributed by atoms with Crippen LogP contribution in [0.1, 0.15) is 16.1 Å². The van der Waals surface area contributed by atoms with Crippen molar-refractivity contribution in [1.82, 2.24) is 9.97 Å². The third-order valence-electron chi connectivity index (χ3n) is 2.22. The smallest absolute Gasteiger partial charge is 0.416 e. The summed E-state index contributed by atoms with van der Waals surface area (Å²) in [6.07, 6.45) is -4.56. The number of alkyl halides is 3. The molecule has 1 aromatic heterocycles. The molecule has 0 radical (unpaired) electrons. The number of aromatic amines is 1. The fraction of sp³-hybridized carbons (Fsp3) is 0.100. The Morgan fingerprint density at radius 2 is 2.00 bits per heavy atom. The highest BCUT2D eigenvalue weighted by atomic mass is 19.4. The zero-order valence-corrected chi connectivity index (χ0v) is 8.58. The molecule has 0 atom stereocenters. The summed E-state index contributed by atoms with van der Waals surface area (Å²) in [5.41, 5.74) is -2.97. The lowest BCUT2D eigenvalue weighted by Crippen LogP contribution is -2.20. The first kappa shape index (κ1) is 12.1. The van der Waals surface area contributed by atoms with Crippen molar-refractivity contribution in [3.63, 3.8) is 0 Å². The van der Waals surface area contributed by atoms with Gasteiger partial charge in [-0.3, -0.25) is 4.79 Å². The number of carbonyl (C=O) groups is 1. The van der Waals surface area contributed by atoms with E-state index in [-0.39, 0.29) is 11.0 Å². The van der Waals surface area contributed by atoms with E-state index in [1.54, 1.807) is 0 Å². The van der Waals surface area contributed by atoms with Crippen LogP contribution in [0.25, 0.3) is 11.0 Å². The van der Waals surface area contributed by atoms with Crippen LogP contribution in [0, 0.1) is 0 Å². The van der Waals surface area contributed by atoms with Gasteiger partial charge in [-0.05, 0) is 18.2 Å². The van der Waals surface area contributed by atoms with Crippen molar-refractivity contribution in [3.05, 3.63) is 39.8 Å². The first-order valence-electron chi connectivity index (χ1n) is 4.63. The predicted octanol–water partition coefficient (Wildman–Crippen LogP) is 1.64. The molecule has 0 saturated carbocycles. The molecule has 0 aliphatic rings. The molecule has 0 saturated heterocycles. The second kappa shape index (κ2) is 3.83. The van der Waals surface area contributed by atoms with E-state index in [1.165, 1.54) is 0 Å². The van der Waals surface area contributed by atoms with Crippen molar-refractivity contribution in [2.75, 3.05) is 0 Å². The van der Waals surface area contributed by atoms with E-state index in [2.05, 4.69) is 9.97 Å². The predicted molar refractivity (Wildman–Crippen MR) is 54.3 cm³/mol. The molecule has 8 heteroatoms. The van der Waals surface area contributed by atoms with Crippen molar-refractivity contribution in [1.29, 1.82) is 0 Å². The topological polar surface area (TPSA) is 83.0 Å². The lowest BCUT2D eigenvalue weighted by atomic mass is 10.2. The zero-order valence-electron chi connectivity index (χ0n) is 8.58. The summed E-state index contributed by atoms with van der Waals surface area (Å²) in [5, 5.41) is 8.65. The van der Waals surface area contributed by atoms with Gasteiger partial charge in [0.15, 0.2) is 0 Å². The molecule has 2 N–H and O–H groups in total. The SMILES string of the molecule is O=C(O)c1nc2cc(C(F)(F)F)ccc2[nH]c1=O. The average Bonchev–Trinajstić information content (AvgIpc) is 2.25. The van der Waals surface area contributed by atoms with Crippen LogP contribution in [0.2, 0.25) is 0 Å². The number of rotatable bonds is 1. The van der Waals surface area contributed by atoms with Gasteiger partial charge in [0, 0.05) is 0 Å². The van der Waals surface area contributed by atoms with E-state index in [0.717, 1.165) is 12.1 Å². The number of H-pyrrole nitrogens is 1. The van der Waals surface area contributed by atoms with Gasteiger partial charge in [-0.15, -0.1) is 0 Å². The number of aromatic nitrogens is 2. The monoisotopic (exact) mass is 258 g/mol. The van der Waals surface area contributed by atoms with Crippen LogP contribution in [-0.4, -0.2) is 21.0 Å². The molecule has 5 nitrogen and oxygen atoms in total. The summed E-state index contributed by atoms with van der Waals surface area (Å²) in [6, 6.07) is 2.48. The minimum absolute atomic E-state index is 0.0398. The maximum Gasteiger partial charge on any atom is 0.416 e. The second-order valence-corrected chi connectivity index (χ2v) is 3.45. The van der Waals surface area contributed by atoms with Crippen LogP contribution in [0.3, 0.4) is 0 Å². The Kier molecular flexibility index (Phi) is 2.57. The average molecular weight is 258 g/mol. The molecule has 0 amide bonds. The molecule has 1 aromatic carbocycles. The molecular formula is C10H5F3N2O3. The van der Waals surface area contributed by atoms with Crippen molar-refractivity contribution >= 4 is 17.0 Å². The highest BCUT2D eigenvalue weighted by Gasteiger charge is 2.30. The van der Waals surface area contributed by atoms with Gasteiger partial charge in [-0.25, -0.2) is 9.78 Å². The zero-order chi connectivity index (χ0) is 13.5. The summed E-state index contributed by atoms with van der Waals surface area (Å²) in [7, 11) is 0. The Bertz CT molecular complexity index is 691. The fourth-order valence-corrected chi connectivity index (χ4v) is 1.40. The molecule has 1 heterocycles. The number of hydrogen-bond donors (Lipinski definition) is 2. The van der Waals surface area contributed by atoms with Crippen LogP contribution in [0.4, 0.5) is 13.2 Å². The summed E-state index contributed by atoms with van der Waals surface area (Å²) in [5.74, 6) is -1.60. The summed E-state index contributed by atoms with van der Waals surface area (Å²) in [6.45, 7) is 0. The quantitative estimate of drug-likeness (QED) is 0.814. The van der Waals surface area contributed by atoms with Gasteiger partial charge in [-0.1, -0.05) is 0 Å². The van der Waals surface area contributed by atoms with E-state index in [4.69, 9.17) is 5.11 Å². The Morgan fingerprint density at radius 3 is 2.56 bits per heavy atom. The molecule has 2 rings (SSSR count). The van der Waals surface area contributed by atoms with Crippen molar-refractivity contribution in [2.24, 2.45) is 0 Å². The maximum atomic E-state index is 12.4. The number of nitrogens with one attached hydrogen (secondary N) is 1. The van der Waals surface area contributed by atoms with E-state index >= 15 is 0 Å². The lowest BCUT2D eigenvalue weighted by molar-refractivity contribution is -0.137. The number of aromatic carboxylic acids is 1. The maximum absolute atomic E-state index is 12.4. The minimum atomic E-state index is -4.56. The standard InChI is InChI=1S/C10H5F3N2O3/c11-10(12,13)4-1-2-5-6(3-4)14-7(9(17)18)8(16)15-5/h1-3H,(H,15,16)(H,17,18). The van der Waals surface area contributed by atoms with Gasteiger partial charge >= 0.3 is 12.1 Å². The highest BCUT2D eigenvalue weighted by Crippen LogP contribution is 2.30. The largest absolute Gasteiger partial charge is 0.476 e. The Hall–Kier alpha value is -2.38. The number of fused-ring (bicyclic) bond motifs is 1. The third-order valence-corrected chi connectivity index (χ3v) is 2.22. The van der Waals surface area contributed by atoms with Crippen molar-refractivity contribution < 1.29 is 23.1 Å². The second-order valence-electron chi connectivity index (χ2n) is 3.45. The number of carboxylic acid groups (broad SMARTS) is 1. The molecule has 18 heavy (non-hydrogen) atoms. The molecule has 2 aromatic rings. The molecular weight excluding hydrogens is 253 g/mol. The molecule has 0 fully saturated rings. The Labute approximate surface area is 96.9 Å². The van der Waals surface area contributed by atoms with Crippen LogP contribution in [0.5, 0.6) is 0 Å². The van der Waals surface area contributed by atoms with Crippen LogP contribution >= 0.6 is 0 Å². The van der Waals surface area contributed by atoms with Gasteiger partial charge in [0.2, 0.25) is 5.69 Å². The number of benzene rings is 1. The van der Waals surface area contributed by atoms with E-state index < -0.39 is 29.0 Å².